The maximum atomic E-state index is 2.42. The third-order valence-corrected chi connectivity index (χ3v) is 14.0. The highest BCUT2D eigenvalue weighted by atomic mass is 15.1. The van der Waals surface area contributed by atoms with Crippen LogP contribution in [0.3, 0.4) is 0 Å². The number of aromatic nitrogens is 1. The zero-order valence-electron chi connectivity index (χ0n) is 38.5. The Morgan fingerprint density at radius 1 is 0.243 bits per heavy atom. The number of para-hydroxylation sites is 3. The maximum absolute atomic E-state index is 2.42. The first-order chi connectivity index (χ1) is 34.7. The third-order valence-electron chi connectivity index (χ3n) is 14.0. The lowest BCUT2D eigenvalue weighted by atomic mass is 9.84. The Kier molecular flexibility index (Phi) is 10.2. The Balaban J connectivity index is 0.965. The summed E-state index contributed by atoms with van der Waals surface area (Å²) in [5, 5.41) is 7.48. The van der Waals surface area contributed by atoms with Crippen LogP contribution in [0.4, 0.5) is 17.1 Å². The molecule has 0 aliphatic rings. The Bertz CT molecular complexity index is 4010. The number of benzene rings is 12. The molecule has 0 aliphatic heterocycles. The minimum atomic E-state index is 1.08. The van der Waals surface area contributed by atoms with Gasteiger partial charge in [0.15, 0.2) is 0 Å². The van der Waals surface area contributed by atoms with Crippen molar-refractivity contribution in [3.8, 4) is 61.3 Å². The molecule has 0 N–H and O–H groups in total. The van der Waals surface area contributed by atoms with Crippen LogP contribution in [0.25, 0.3) is 105 Å². The normalized spacial score (nSPS) is 11.4. The number of hydrogen-bond donors (Lipinski definition) is 0. The molecule has 0 amide bonds. The average molecular weight is 891 g/mol. The minimum absolute atomic E-state index is 1.08. The van der Waals surface area contributed by atoms with Crippen LogP contribution in [0, 0.1) is 0 Å². The first-order valence-corrected chi connectivity index (χ1v) is 24.1. The van der Waals surface area contributed by atoms with Crippen molar-refractivity contribution in [2.75, 3.05) is 4.90 Å². The number of rotatable bonds is 9. The molecule has 0 spiro atoms. The Morgan fingerprint density at radius 3 is 1.37 bits per heavy atom. The monoisotopic (exact) mass is 890 g/mol. The minimum Gasteiger partial charge on any atom is -0.310 e. The molecule has 0 fully saturated rings. The van der Waals surface area contributed by atoms with Crippen LogP contribution >= 0.6 is 0 Å². The van der Waals surface area contributed by atoms with Gasteiger partial charge in [-0.15, -0.1) is 0 Å². The predicted octanol–water partition coefficient (Wildman–Crippen LogP) is 18.9. The van der Waals surface area contributed by atoms with Gasteiger partial charge in [-0.05, 0) is 132 Å². The third kappa shape index (κ3) is 7.13. The van der Waals surface area contributed by atoms with E-state index in [9.17, 15) is 0 Å². The maximum Gasteiger partial charge on any atom is 0.0619 e. The smallest absolute Gasteiger partial charge is 0.0619 e. The summed E-state index contributed by atoms with van der Waals surface area (Å²) in [6.07, 6.45) is 0. The van der Waals surface area contributed by atoms with Gasteiger partial charge in [0, 0.05) is 39.1 Å². The Morgan fingerprint density at radius 2 is 0.700 bits per heavy atom. The summed E-state index contributed by atoms with van der Waals surface area (Å²) in [5.74, 6) is 0. The molecule has 0 atom stereocenters. The van der Waals surface area contributed by atoms with Crippen molar-refractivity contribution in [2.24, 2.45) is 0 Å². The van der Waals surface area contributed by atoms with Crippen LogP contribution in [-0.2, 0) is 0 Å². The average Bonchev–Trinajstić information content (AvgIpc) is 3.79. The summed E-state index contributed by atoms with van der Waals surface area (Å²) in [7, 11) is 0. The van der Waals surface area contributed by atoms with Crippen LogP contribution in [0.5, 0.6) is 0 Å². The van der Waals surface area contributed by atoms with Gasteiger partial charge >= 0.3 is 0 Å². The first kappa shape index (κ1) is 41.0. The van der Waals surface area contributed by atoms with E-state index < -0.39 is 0 Å². The molecule has 1 heterocycles. The Labute approximate surface area is 408 Å². The molecule has 0 saturated carbocycles. The van der Waals surface area contributed by atoms with Gasteiger partial charge in [0.2, 0.25) is 0 Å². The molecule has 12 aromatic carbocycles. The van der Waals surface area contributed by atoms with Crippen molar-refractivity contribution in [3.63, 3.8) is 0 Å². The van der Waals surface area contributed by atoms with E-state index in [1.807, 2.05) is 0 Å². The van der Waals surface area contributed by atoms with Gasteiger partial charge in [0.1, 0.15) is 0 Å². The first-order valence-electron chi connectivity index (χ1n) is 24.1. The summed E-state index contributed by atoms with van der Waals surface area (Å²) < 4.78 is 2.42. The molecule has 0 bridgehead atoms. The zero-order chi connectivity index (χ0) is 46.4. The highest BCUT2D eigenvalue weighted by Gasteiger charge is 2.21. The highest BCUT2D eigenvalue weighted by molar-refractivity contribution is 6.22. The van der Waals surface area contributed by atoms with Gasteiger partial charge in [0.05, 0.1) is 11.0 Å². The fourth-order valence-electron chi connectivity index (χ4n) is 10.8. The van der Waals surface area contributed by atoms with Crippen molar-refractivity contribution < 1.29 is 0 Å². The second-order valence-electron chi connectivity index (χ2n) is 18.0. The van der Waals surface area contributed by atoms with Gasteiger partial charge in [-0.3, -0.25) is 0 Å². The molecular weight excluding hydrogens is 845 g/mol. The van der Waals surface area contributed by atoms with E-state index in [4.69, 9.17) is 0 Å². The fraction of sp³-hybridized carbons (Fsp3) is 0. The molecule has 0 radical (unpaired) electrons. The van der Waals surface area contributed by atoms with E-state index in [2.05, 4.69) is 289 Å². The molecule has 0 unspecified atom stereocenters. The van der Waals surface area contributed by atoms with Gasteiger partial charge < -0.3 is 9.47 Å². The van der Waals surface area contributed by atoms with Crippen LogP contribution in [0.2, 0.25) is 0 Å². The van der Waals surface area contributed by atoms with Gasteiger partial charge in [-0.2, -0.15) is 0 Å². The van der Waals surface area contributed by atoms with Crippen LogP contribution in [0.15, 0.2) is 279 Å². The van der Waals surface area contributed by atoms with Crippen molar-refractivity contribution in [2.45, 2.75) is 0 Å². The molecule has 0 aliphatic carbocycles. The number of hydrogen-bond acceptors (Lipinski definition) is 1. The number of fused-ring (bicyclic) bond motifs is 6. The number of nitrogens with zero attached hydrogens (tertiary/aromatic N) is 2. The largest absolute Gasteiger partial charge is 0.310 e. The highest BCUT2D eigenvalue weighted by Crippen LogP contribution is 2.47. The van der Waals surface area contributed by atoms with E-state index >= 15 is 0 Å². The van der Waals surface area contributed by atoms with E-state index in [1.54, 1.807) is 0 Å². The molecule has 2 nitrogen and oxygen atoms in total. The zero-order valence-corrected chi connectivity index (χ0v) is 38.5. The predicted molar refractivity (Wildman–Crippen MR) is 298 cm³/mol. The SMILES string of the molecule is c1ccc(-c2ccc(N(c3ccc(-c4cccc5c6ccccc6n(-c6ccccc6)c45)cc3)c3cccc(-c4ccc5c(c4)c(-c4ccccc4)c(-c4ccccc4)c4ccccc45)c3)cc2)cc1. The lowest BCUT2D eigenvalue weighted by Gasteiger charge is -2.26. The van der Waals surface area contributed by atoms with Crippen molar-refractivity contribution >= 4 is 60.4 Å². The Hall–Kier alpha value is -9.24. The number of anilines is 3. The van der Waals surface area contributed by atoms with Crippen molar-refractivity contribution in [1.29, 1.82) is 0 Å². The second kappa shape index (κ2) is 17.4. The van der Waals surface area contributed by atoms with Crippen LogP contribution in [-0.4, -0.2) is 4.57 Å². The molecule has 13 aromatic rings. The summed E-state index contributed by atoms with van der Waals surface area (Å²) >= 11 is 0. The molecule has 1 aromatic heterocycles. The summed E-state index contributed by atoms with van der Waals surface area (Å²) in [6.45, 7) is 0. The molecular formula is C68H46N2. The van der Waals surface area contributed by atoms with E-state index in [0.29, 0.717) is 0 Å². The summed E-state index contributed by atoms with van der Waals surface area (Å²) in [4.78, 5) is 2.39. The van der Waals surface area contributed by atoms with E-state index in [0.717, 1.165) is 39.4 Å². The second-order valence-corrected chi connectivity index (χ2v) is 18.0. The summed E-state index contributed by atoms with van der Waals surface area (Å²) in [5.41, 5.74) is 18.8. The molecule has 70 heavy (non-hydrogen) atoms. The van der Waals surface area contributed by atoms with Crippen LogP contribution < -0.4 is 4.90 Å². The molecule has 2 heteroatoms. The van der Waals surface area contributed by atoms with E-state index in [1.165, 1.54) is 82.3 Å². The van der Waals surface area contributed by atoms with Crippen LogP contribution in [0.1, 0.15) is 0 Å². The van der Waals surface area contributed by atoms with Gasteiger partial charge in [0.25, 0.3) is 0 Å². The summed E-state index contributed by atoms with van der Waals surface area (Å²) in [6, 6.07) is 102. The quantitative estimate of drug-likeness (QED) is 0.131. The molecule has 13 rings (SSSR count). The lowest BCUT2D eigenvalue weighted by Crippen LogP contribution is -2.10. The molecule has 328 valence electrons. The fourth-order valence-corrected chi connectivity index (χ4v) is 10.8. The van der Waals surface area contributed by atoms with Crippen molar-refractivity contribution in [1.82, 2.24) is 4.57 Å². The topological polar surface area (TPSA) is 8.17 Å². The van der Waals surface area contributed by atoms with Crippen molar-refractivity contribution in [3.05, 3.63) is 279 Å². The lowest BCUT2D eigenvalue weighted by molar-refractivity contribution is 1.18. The van der Waals surface area contributed by atoms with E-state index in [-0.39, 0.29) is 0 Å². The van der Waals surface area contributed by atoms with Gasteiger partial charge in [-0.25, -0.2) is 0 Å². The standard InChI is InChI=1S/C68H46N2/c1-5-19-47(20-6-1)48-35-40-55(41-36-48)69(56-42-37-49(38-43-56)58-32-18-33-63-61-30-15-16-34-65(61)70(68(58)63)54-26-11-4-12-27-54)57-28-17-25-52(45-57)53-39-44-60-59-29-13-14-31-62(59)66(50-21-7-2-8-22-50)67(64(60)46-53)51-23-9-3-10-24-51/h1-46H. The van der Waals surface area contributed by atoms with Gasteiger partial charge in [-0.1, -0.05) is 218 Å². The molecule has 0 saturated heterocycles.